The first-order chi connectivity index (χ1) is 15.4. The molecule has 9 heteroatoms. The lowest BCUT2D eigenvalue weighted by Crippen LogP contribution is -2.40. The number of carbonyl (C=O) groups excluding carboxylic acids is 3. The number of nitrogens with zero attached hydrogens (tertiary/aromatic N) is 1. The lowest BCUT2D eigenvalue weighted by atomic mass is 10.0. The van der Waals surface area contributed by atoms with Crippen LogP contribution in [0.5, 0.6) is 0 Å². The largest absolute Gasteiger partial charge is 0.464 e. The Bertz CT molecular complexity index is 1050. The lowest BCUT2D eigenvalue weighted by Gasteiger charge is -2.17. The number of fused-ring (bicyclic) bond motifs is 1. The highest BCUT2D eigenvalue weighted by atomic mass is 16.5. The van der Waals surface area contributed by atoms with Gasteiger partial charge < -0.3 is 21.1 Å². The molecule has 1 aliphatic rings. The molecule has 2 unspecified atom stereocenters. The number of anilines is 1. The Labute approximate surface area is 185 Å². The van der Waals surface area contributed by atoms with Crippen LogP contribution in [0.1, 0.15) is 43.0 Å². The molecule has 0 spiro atoms. The molecular weight excluding hydrogens is 412 g/mol. The fourth-order valence-electron chi connectivity index (χ4n) is 3.93. The molecule has 0 bridgehead atoms. The summed E-state index contributed by atoms with van der Waals surface area (Å²) >= 11 is 0. The highest BCUT2D eigenvalue weighted by Crippen LogP contribution is 2.35. The monoisotopic (exact) mass is 440 g/mol. The third-order valence-corrected chi connectivity index (χ3v) is 5.70. The third kappa shape index (κ3) is 4.88. The van der Waals surface area contributed by atoms with E-state index in [2.05, 4.69) is 10.6 Å². The molecule has 9 nitrogen and oxygen atoms in total. The highest BCUT2D eigenvalue weighted by Gasteiger charge is 2.40. The number of aromatic nitrogens is 1. The Kier molecular flexibility index (Phi) is 7.42. The molecule has 1 aliphatic heterocycles. The van der Waals surface area contributed by atoms with Crippen LogP contribution < -0.4 is 21.9 Å². The predicted octanol–water partition coefficient (Wildman–Crippen LogP) is 1.08. The van der Waals surface area contributed by atoms with Gasteiger partial charge in [0.25, 0.3) is 5.56 Å². The van der Waals surface area contributed by atoms with Crippen molar-refractivity contribution in [2.24, 2.45) is 5.73 Å². The number of hydrogen-bond acceptors (Lipinski definition) is 6. The van der Waals surface area contributed by atoms with Gasteiger partial charge in [-0.2, -0.15) is 0 Å². The smallest absolute Gasteiger partial charge is 0.329 e. The minimum atomic E-state index is -0.992. The second-order valence-corrected chi connectivity index (χ2v) is 7.70. The number of carbonyl (C=O) groups is 3. The molecular formula is C23H28N4O5. The van der Waals surface area contributed by atoms with Gasteiger partial charge in [-0.05, 0) is 37.6 Å². The topological polar surface area (TPSA) is 133 Å². The van der Waals surface area contributed by atoms with Crippen LogP contribution in [0, 0.1) is 0 Å². The van der Waals surface area contributed by atoms with E-state index in [1.54, 1.807) is 13.1 Å². The number of pyridine rings is 1. The zero-order valence-electron chi connectivity index (χ0n) is 18.2. The minimum absolute atomic E-state index is 0.0275. The van der Waals surface area contributed by atoms with Crippen molar-refractivity contribution in [3.63, 3.8) is 0 Å². The number of hydrogen-bond donors (Lipinski definition) is 3. The second kappa shape index (κ2) is 10.2. The zero-order valence-corrected chi connectivity index (χ0v) is 18.2. The van der Waals surface area contributed by atoms with E-state index in [0.717, 1.165) is 5.56 Å². The Morgan fingerprint density at radius 2 is 1.91 bits per heavy atom. The molecule has 32 heavy (non-hydrogen) atoms. The number of nitrogens with two attached hydrogens (primary N) is 1. The van der Waals surface area contributed by atoms with Gasteiger partial charge in [0.15, 0.2) is 0 Å². The summed E-state index contributed by atoms with van der Waals surface area (Å²) in [5, 5.41) is 5.48. The van der Waals surface area contributed by atoms with Gasteiger partial charge in [0.1, 0.15) is 11.7 Å². The van der Waals surface area contributed by atoms with Gasteiger partial charge in [-0.3, -0.25) is 19.0 Å². The van der Waals surface area contributed by atoms with Gasteiger partial charge in [-0.1, -0.05) is 37.3 Å². The number of nitrogens with one attached hydrogen (secondary N) is 2. The summed E-state index contributed by atoms with van der Waals surface area (Å²) in [7, 11) is 1.65. The predicted molar refractivity (Wildman–Crippen MR) is 119 cm³/mol. The molecule has 0 radical (unpaired) electrons. The zero-order chi connectivity index (χ0) is 23.3. The van der Waals surface area contributed by atoms with E-state index in [1.807, 2.05) is 37.3 Å². The van der Waals surface area contributed by atoms with E-state index in [4.69, 9.17) is 10.5 Å². The first kappa shape index (κ1) is 23.2. The average Bonchev–Trinajstić information content (AvgIpc) is 3.18. The van der Waals surface area contributed by atoms with E-state index in [1.165, 1.54) is 10.6 Å². The maximum absolute atomic E-state index is 13.1. The first-order valence-corrected chi connectivity index (χ1v) is 10.6. The molecule has 4 N–H and O–H groups in total. The summed E-state index contributed by atoms with van der Waals surface area (Å²) in [6.07, 6.45) is 1.10. The molecule has 0 saturated carbocycles. The number of rotatable bonds is 9. The molecule has 2 aromatic rings. The Hall–Kier alpha value is -3.46. The quantitative estimate of drug-likeness (QED) is 0.500. The van der Waals surface area contributed by atoms with E-state index < -0.39 is 35.4 Å². The first-order valence-electron chi connectivity index (χ1n) is 10.6. The van der Waals surface area contributed by atoms with Crippen molar-refractivity contribution in [3.05, 3.63) is 64.1 Å². The molecule has 2 heterocycles. The molecule has 0 fully saturated rings. The number of esters is 1. The maximum Gasteiger partial charge on any atom is 0.329 e. The summed E-state index contributed by atoms with van der Waals surface area (Å²) in [4.78, 5) is 50.3. The Balaban J connectivity index is 1.82. The van der Waals surface area contributed by atoms with Crippen LogP contribution >= 0.6 is 0 Å². The van der Waals surface area contributed by atoms with Crippen LogP contribution in [0.2, 0.25) is 0 Å². The van der Waals surface area contributed by atoms with Crippen molar-refractivity contribution in [2.45, 2.75) is 44.2 Å². The average molecular weight is 441 g/mol. The summed E-state index contributed by atoms with van der Waals surface area (Å²) in [5.74, 6) is -2.40. The SMILES string of the molecule is CC[C@H](NC)C(=O)Nc1ccc2n(c1=O)C(C(=O)OCCc1ccccc1)CC2C(N)=O. The van der Waals surface area contributed by atoms with Crippen LogP contribution in [0.3, 0.4) is 0 Å². The van der Waals surface area contributed by atoms with Gasteiger partial charge >= 0.3 is 5.97 Å². The van der Waals surface area contributed by atoms with Gasteiger partial charge in [0.05, 0.1) is 18.6 Å². The summed E-state index contributed by atoms with van der Waals surface area (Å²) in [6.45, 7) is 1.98. The summed E-state index contributed by atoms with van der Waals surface area (Å²) in [6, 6.07) is 11.1. The Morgan fingerprint density at radius 1 is 1.19 bits per heavy atom. The molecule has 3 rings (SSSR count). The standard InChI is InChI=1S/C23H28N4O5/c1-3-16(25-2)21(29)26-17-9-10-18-15(20(24)28)13-19(27(18)22(17)30)23(31)32-12-11-14-7-5-4-6-8-14/h4-10,15-16,19,25H,3,11-13H2,1-2H3,(H2,24,28)(H,26,29)/t15?,16-,19?/m0/s1. The molecule has 170 valence electrons. The number of primary amides is 1. The molecule has 0 saturated heterocycles. The maximum atomic E-state index is 13.1. The molecule has 1 aromatic carbocycles. The summed E-state index contributed by atoms with van der Waals surface area (Å²) in [5.41, 5.74) is 6.32. The van der Waals surface area contributed by atoms with Gasteiger partial charge in [-0.25, -0.2) is 4.79 Å². The van der Waals surface area contributed by atoms with Crippen molar-refractivity contribution in [2.75, 3.05) is 19.0 Å². The molecule has 1 aromatic heterocycles. The minimum Gasteiger partial charge on any atom is -0.464 e. The van der Waals surface area contributed by atoms with E-state index in [0.29, 0.717) is 18.5 Å². The van der Waals surface area contributed by atoms with Crippen molar-refractivity contribution in [1.29, 1.82) is 0 Å². The van der Waals surface area contributed by atoms with Crippen molar-refractivity contribution < 1.29 is 19.1 Å². The van der Waals surface area contributed by atoms with Crippen LogP contribution in [-0.2, 0) is 25.5 Å². The normalized spacial score (nSPS) is 17.9. The molecule has 2 amide bonds. The fourth-order valence-corrected chi connectivity index (χ4v) is 3.93. The van der Waals surface area contributed by atoms with Crippen LogP contribution in [-0.4, -0.2) is 42.0 Å². The molecule has 0 aliphatic carbocycles. The van der Waals surface area contributed by atoms with Crippen LogP contribution in [0.4, 0.5) is 5.69 Å². The van der Waals surface area contributed by atoms with Crippen LogP contribution in [0.25, 0.3) is 0 Å². The van der Waals surface area contributed by atoms with Crippen LogP contribution in [0.15, 0.2) is 47.3 Å². The van der Waals surface area contributed by atoms with Crippen molar-refractivity contribution in [3.8, 4) is 0 Å². The van der Waals surface area contributed by atoms with Gasteiger partial charge in [0, 0.05) is 12.1 Å². The number of ether oxygens (including phenoxy) is 1. The number of benzene rings is 1. The van der Waals surface area contributed by atoms with Crippen molar-refractivity contribution >= 4 is 23.5 Å². The number of amides is 2. The molecule has 3 atom stereocenters. The third-order valence-electron chi connectivity index (χ3n) is 5.70. The van der Waals surface area contributed by atoms with E-state index in [9.17, 15) is 19.2 Å². The number of likely N-dealkylation sites (N-methyl/N-ethyl adjacent to an activating group) is 1. The van der Waals surface area contributed by atoms with E-state index >= 15 is 0 Å². The van der Waals surface area contributed by atoms with E-state index in [-0.39, 0.29) is 24.6 Å². The Morgan fingerprint density at radius 3 is 2.53 bits per heavy atom. The van der Waals surface area contributed by atoms with Gasteiger partial charge in [-0.15, -0.1) is 0 Å². The lowest BCUT2D eigenvalue weighted by molar-refractivity contribution is -0.147. The van der Waals surface area contributed by atoms with Crippen molar-refractivity contribution in [1.82, 2.24) is 9.88 Å². The summed E-state index contributed by atoms with van der Waals surface area (Å²) < 4.78 is 6.63. The second-order valence-electron chi connectivity index (χ2n) is 7.70. The fraction of sp³-hybridized carbons (Fsp3) is 0.391. The van der Waals surface area contributed by atoms with Gasteiger partial charge in [0.2, 0.25) is 11.8 Å². The highest BCUT2D eigenvalue weighted by molar-refractivity contribution is 5.94.